The smallest absolute Gasteiger partial charge is 0.416 e. The molecule has 0 unspecified atom stereocenters. The highest BCUT2D eigenvalue weighted by Crippen LogP contribution is 2.35. The Morgan fingerprint density at radius 3 is 2.42 bits per heavy atom. The summed E-state index contributed by atoms with van der Waals surface area (Å²) in [7, 11) is -4.71. The quantitative estimate of drug-likeness (QED) is 0.485. The molecule has 2 atom stereocenters. The molecule has 1 aliphatic heterocycles. The van der Waals surface area contributed by atoms with Gasteiger partial charge < -0.3 is 14.9 Å². The summed E-state index contributed by atoms with van der Waals surface area (Å²) in [5, 5.41) is 29.3. The number of benzene rings is 2. The number of aliphatic hydroxyl groups is 2. The number of aliphatic hydroxyl groups excluding tert-OH is 1. The third kappa shape index (κ3) is 4.49. The van der Waals surface area contributed by atoms with Gasteiger partial charge in [0.1, 0.15) is 17.8 Å². The number of β-amino-alcohol motifs (C(OH)–C–C–N with tert-alkyl or cyclic N) is 1. The van der Waals surface area contributed by atoms with Crippen molar-refractivity contribution in [1.82, 2.24) is 4.31 Å². The first-order chi connectivity index (χ1) is 15.2. The van der Waals surface area contributed by atoms with Gasteiger partial charge in [-0.1, -0.05) is 0 Å². The van der Waals surface area contributed by atoms with E-state index in [1.54, 1.807) is 0 Å². The van der Waals surface area contributed by atoms with Crippen molar-refractivity contribution in [3.05, 3.63) is 58.9 Å². The van der Waals surface area contributed by atoms with Gasteiger partial charge in [-0.25, -0.2) is 17.2 Å². The molecular weight excluding hydrogens is 482 g/mol. The average molecular weight is 496 g/mol. The van der Waals surface area contributed by atoms with Gasteiger partial charge in [0.15, 0.2) is 17.4 Å². The number of hydrogen-bond acceptors (Lipinski definition) is 6. The van der Waals surface area contributed by atoms with E-state index in [1.807, 2.05) is 0 Å². The van der Waals surface area contributed by atoms with Crippen LogP contribution in [-0.2, 0) is 16.2 Å². The number of sulfonamides is 1. The van der Waals surface area contributed by atoms with Gasteiger partial charge in [0, 0.05) is 6.54 Å². The number of rotatable bonds is 5. The zero-order valence-corrected chi connectivity index (χ0v) is 17.1. The number of hydrogen-bond donors (Lipinski definition) is 2. The van der Waals surface area contributed by atoms with E-state index in [0.717, 1.165) is 0 Å². The van der Waals surface area contributed by atoms with E-state index in [2.05, 4.69) is 0 Å². The fourth-order valence-corrected chi connectivity index (χ4v) is 4.84. The molecule has 2 aromatic carbocycles. The maximum absolute atomic E-state index is 14.0. The van der Waals surface area contributed by atoms with E-state index in [-0.39, 0.29) is 0 Å². The normalized spacial score (nSPS) is 21.7. The lowest BCUT2D eigenvalue weighted by Gasteiger charge is -2.27. The first kappa shape index (κ1) is 24.8. The summed E-state index contributed by atoms with van der Waals surface area (Å²) >= 11 is 0. The molecule has 2 aromatic rings. The standard InChI is InChI=1S/C19H14F6N2O5S/c20-12-2-3-13(17(22)16(12)21)32-15-7-27(8-18(15,29)9-28)33(30,31)14-4-1-11(19(23,24)25)5-10(14)6-26/h1-5,15,28-29H,7-9H2/t15-,18+/m0/s1. The molecule has 1 fully saturated rings. The lowest BCUT2D eigenvalue weighted by Crippen LogP contribution is -2.48. The number of halogens is 6. The van der Waals surface area contributed by atoms with Crippen LogP contribution in [0.15, 0.2) is 35.2 Å². The Balaban J connectivity index is 1.96. The van der Waals surface area contributed by atoms with Crippen LogP contribution in [-0.4, -0.2) is 54.3 Å². The van der Waals surface area contributed by atoms with Crippen LogP contribution in [0.1, 0.15) is 11.1 Å². The molecule has 33 heavy (non-hydrogen) atoms. The van der Waals surface area contributed by atoms with Crippen molar-refractivity contribution in [3.8, 4) is 11.8 Å². The second kappa shape index (κ2) is 8.49. The Labute approximate surface area is 183 Å². The van der Waals surface area contributed by atoms with Crippen LogP contribution in [0.2, 0.25) is 0 Å². The number of nitriles is 1. The van der Waals surface area contributed by atoms with Gasteiger partial charge >= 0.3 is 6.18 Å². The second-order valence-electron chi connectivity index (χ2n) is 7.16. The van der Waals surface area contributed by atoms with Crippen molar-refractivity contribution in [2.24, 2.45) is 0 Å². The highest BCUT2D eigenvalue weighted by Gasteiger charge is 2.51. The molecule has 0 bridgehead atoms. The zero-order valence-electron chi connectivity index (χ0n) is 16.3. The minimum atomic E-state index is -4.84. The van der Waals surface area contributed by atoms with Gasteiger partial charge in [-0.2, -0.15) is 27.1 Å². The fourth-order valence-electron chi connectivity index (χ4n) is 3.22. The van der Waals surface area contributed by atoms with E-state index in [4.69, 9.17) is 10.00 Å². The second-order valence-corrected chi connectivity index (χ2v) is 9.07. The average Bonchev–Trinajstić information content (AvgIpc) is 3.10. The van der Waals surface area contributed by atoms with Crippen LogP contribution in [0.5, 0.6) is 5.75 Å². The van der Waals surface area contributed by atoms with Crippen molar-refractivity contribution < 1.29 is 49.7 Å². The van der Waals surface area contributed by atoms with Gasteiger partial charge in [0.25, 0.3) is 0 Å². The third-order valence-corrected chi connectivity index (χ3v) is 6.88. The molecule has 1 heterocycles. The van der Waals surface area contributed by atoms with Crippen LogP contribution < -0.4 is 4.74 Å². The Kier molecular flexibility index (Phi) is 6.37. The van der Waals surface area contributed by atoms with E-state index in [9.17, 15) is 45.0 Å². The summed E-state index contributed by atoms with van der Waals surface area (Å²) in [6, 6.07) is 3.94. The molecule has 0 radical (unpaired) electrons. The number of ether oxygens (including phenoxy) is 1. The Bertz CT molecular complexity index is 1230. The molecule has 0 aliphatic carbocycles. The largest absolute Gasteiger partial charge is 0.483 e. The molecule has 0 spiro atoms. The van der Waals surface area contributed by atoms with Crippen LogP contribution in [0.3, 0.4) is 0 Å². The monoisotopic (exact) mass is 496 g/mol. The molecule has 3 rings (SSSR count). The SMILES string of the molecule is N#Cc1cc(C(F)(F)F)ccc1S(=O)(=O)N1C[C@H](Oc2ccc(F)c(F)c2F)[C@](O)(CO)C1. The van der Waals surface area contributed by atoms with Crippen molar-refractivity contribution in [1.29, 1.82) is 5.26 Å². The van der Waals surface area contributed by atoms with Crippen molar-refractivity contribution in [2.45, 2.75) is 22.8 Å². The van der Waals surface area contributed by atoms with Crippen molar-refractivity contribution in [3.63, 3.8) is 0 Å². The van der Waals surface area contributed by atoms with E-state index in [0.29, 0.717) is 34.6 Å². The molecular formula is C19H14F6N2O5S. The summed E-state index contributed by atoms with van der Waals surface area (Å²) in [5.41, 5.74) is -4.43. The first-order valence-electron chi connectivity index (χ1n) is 8.99. The van der Waals surface area contributed by atoms with Gasteiger partial charge in [-0.15, -0.1) is 0 Å². The van der Waals surface area contributed by atoms with E-state index >= 15 is 0 Å². The Hall–Kier alpha value is -2.86. The Morgan fingerprint density at radius 2 is 1.85 bits per heavy atom. The molecule has 0 aromatic heterocycles. The zero-order chi connectivity index (χ0) is 24.8. The lowest BCUT2D eigenvalue weighted by atomic mass is 10.0. The molecule has 7 nitrogen and oxygen atoms in total. The molecule has 0 saturated carbocycles. The van der Waals surface area contributed by atoms with Crippen molar-refractivity contribution in [2.75, 3.05) is 19.7 Å². The maximum atomic E-state index is 14.0. The topological polar surface area (TPSA) is 111 Å². The predicted molar refractivity (Wildman–Crippen MR) is 97.7 cm³/mol. The summed E-state index contributed by atoms with van der Waals surface area (Å²) in [6.45, 7) is -2.72. The minimum absolute atomic E-state index is 0.339. The van der Waals surface area contributed by atoms with Crippen LogP contribution in [0.4, 0.5) is 26.3 Å². The summed E-state index contributed by atoms with van der Waals surface area (Å²) in [6.07, 6.45) is -6.52. The molecule has 178 valence electrons. The summed E-state index contributed by atoms with van der Waals surface area (Å²) in [5.74, 6) is -6.05. The van der Waals surface area contributed by atoms with Crippen molar-refractivity contribution >= 4 is 10.0 Å². The lowest BCUT2D eigenvalue weighted by molar-refractivity contribution is -0.137. The molecule has 0 amide bonds. The highest BCUT2D eigenvalue weighted by atomic mass is 32.2. The predicted octanol–water partition coefficient (Wildman–Crippen LogP) is 2.17. The minimum Gasteiger partial charge on any atom is -0.483 e. The first-order valence-corrected chi connectivity index (χ1v) is 10.4. The van der Waals surface area contributed by atoms with Gasteiger partial charge in [-0.3, -0.25) is 0 Å². The molecule has 14 heteroatoms. The molecule has 1 saturated heterocycles. The maximum Gasteiger partial charge on any atom is 0.416 e. The molecule has 2 N–H and O–H groups in total. The van der Waals surface area contributed by atoms with Gasteiger partial charge in [-0.05, 0) is 30.3 Å². The molecule has 1 aliphatic rings. The van der Waals surface area contributed by atoms with Gasteiger partial charge in [0.2, 0.25) is 15.8 Å². The third-order valence-electron chi connectivity index (χ3n) is 5.01. The summed E-state index contributed by atoms with van der Waals surface area (Å²) in [4.78, 5) is -0.807. The van der Waals surface area contributed by atoms with Gasteiger partial charge in [0.05, 0.1) is 29.2 Å². The van der Waals surface area contributed by atoms with E-state index in [1.165, 1.54) is 6.07 Å². The number of alkyl halides is 3. The van der Waals surface area contributed by atoms with Crippen LogP contribution in [0, 0.1) is 28.8 Å². The van der Waals surface area contributed by atoms with Crippen LogP contribution in [0.25, 0.3) is 0 Å². The summed E-state index contributed by atoms with van der Waals surface area (Å²) < 4.78 is 111. The highest BCUT2D eigenvalue weighted by molar-refractivity contribution is 7.89. The number of nitrogens with zero attached hydrogens (tertiary/aromatic N) is 2. The van der Waals surface area contributed by atoms with Crippen LogP contribution >= 0.6 is 0 Å². The Morgan fingerprint density at radius 1 is 1.18 bits per heavy atom. The van der Waals surface area contributed by atoms with E-state index < -0.39 is 86.8 Å². The fraction of sp³-hybridized carbons (Fsp3) is 0.316.